The number of likely N-dealkylation sites (tertiary alicyclic amines) is 1. The van der Waals surface area contributed by atoms with Gasteiger partial charge in [-0.05, 0) is 38.3 Å². The minimum Gasteiger partial charge on any atom is -0.448 e. The average Bonchev–Trinajstić information content (AvgIpc) is 2.91. The number of hydrogen-bond acceptors (Lipinski definition) is 4. The van der Waals surface area contributed by atoms with Gasteiger partial charge in [0.2, 0.25) is 0 Å². The van der Waals surface area contributed by atoms with Crippen LogP contribution >= 0.6 is 34.5 Å². The Morgan fingerprint density at radius 1 is 1.21 bits per heavy atom. The van der Waals surface area contributed by atoms with Gasteiger partial charge in [0.25, 0.3) is 5.91 Å². The highest BCUT2D eigenvalue weighted by Crippen LogP contribution is 2.37. The normalized spacial score (nSPS) is 16.2. The maximum absolute atomic E-state index is 12.4. The van der Waals surface area contributed by atoms with Gasteiger partial charge in [-0.3, -0.25) is 4.79 Å². The molecule has 1 aromatic carbocycles. The fourth-order valence-corrected chi connectivity index (χ4v) is 4.47. The van der Waals surface area contributed by atoms with Gasteiger partial charge in [-0.2, -0.15) is 0 Å². The lowest BCUT2D eigenvalue weighted by Crippen LogP contribution is -2.42. The molecular formula is C17H17Cl2NO3S. The molecule has 3 rings (SSSR count). The first-order chi connectivity index (χ1) is 11.5. The quantitative estimate of drug-likeness (QED) is 0.715. The first-order valence-corrected chi connectivity index (χ1v) is 9.42. The Hall–Kier alpha value is -1.30. The van der Waals surface area contributed by atoms with Crippen molar-refractivity contribution in [1.29, 1.82) is 0 Å². The molecule has 0 aliphatic carbocycles. The number of halogens is 2. The van der Waals surface area contributed by atoms with Crippen molar-refractivity contribution in [3.63, 3.8) is 0 Å². The summed E-state index contributed by atoms with van der Waals surface area (Å²) in [4.78, 5) is 26.8. The minimum absolute atomic E-state index is 0.150. The number of amides is 1. The number of esters is 1. The zero-order valence-corrected chi connectivity index (χ0v) is 15.5. The second-order valence-corrected chi connectivity index (χ2v) is 7.69. The Morgan fingerprint density at radius 2 is 1.92 bits per heavy atom. The summed E-state index contributed by atoms with van der Waals surface area (Å²) in [6.07, 6.45) is 2.31. The maximum Gasteiger partial charge on any atom is 0.350 e. The number of thiophene rings is 1. The van der Waals surface area contributed by atoms with Crippen LogP contribution in [-0.2, 0) is 9.53 Å². The van der Waals surface area contributed by atoms with E-state index in [-0.39, 0.29) is 5.91 Å². The second kappa shape index (κ2) is 7.30. The van der Waals surface area contributed by atoms with E-state index in [1.165, 1.54) is 11.3 Å². The molecule has 0 bridgehead atoms. The van der Waals surface area contributed by atoms with Gasteiger partial charge in [-0.15, -0.1) is 11.3 Å². The molecule has 0 unspecified atom stereocenters. The molecule has 1 aliphatic rings. The van der Waals surface area contributed by atoms with Crippen molar-refractivity contribution in [2.24, 2.45) is 0 Å². The summed E-state index contributed by atoms with van der Waals surface area (Å²) in [6.45, 7) is 3.05. The maximum atomic E-state index is 12.4. The highest BCUT2D eigenvalue weighted by Gasteiger charge is 2.27. The first kappa shape index (κ1) is 17.5. The van der Waals surface area contributed by atoms with Crippen LogP contribution in [0.5, 0.6) is 0 Å². The topological polar surface area (TPSA) is 46.6 Å². The SMILES string of the molecule is C[C@@H](OC(=O)c1sc2cc(Cl)ccc2c1Cl)C(=O)N1CCCCC1. The predicted octanol–water partition coefficient (Wildman–Crippen LogP) is 4.77. The largest absolute Gasteiger partial charge is 0.448 e. The summed E-state index contributed by atoms with van der Waals surface area (Å²) in [5, 5.41) is 1.68. The third-order valence-corrected chi connectivity index (χ3v) is 5.95. The lowest BCUT2D eigenvalue weighted by atomic mass is 10.1. The van der Waals surface area contributed by atoms with E-state index < -0.39 is 12.1 Å². The van der Waals surface area contributed by atoms with Crippen LogP contribution in [0.25, 0.3) is 10.1 Å². The summed E-state index contributed by atoms with van der Waals surface area (Å²) in [5.41, 5.74) is 0. The van der Waals surface area contributed by atoms with Gasteiger partial charge in [-0.1, -0.05) is 29.3 Å². The fraction of sp³-hybridized carbons (Fsp3) is 0.412. The lowest BCUT2D eigenvalue weighted by Gasteiger charge is -2.28. The number of piperidine rings is 1. The number of benzene rings is 1. The molecule has 1 aromatic heterocycles. The van der Waals surface area contributed by atoms with Crippen molar-refractivity contribution in [2.75, 3.05) is 13.1 Å². The van der Waals surface area contributed by atoms with E-state index in [0.717, 1.165) is 42.4 Å². The van der Waals surface area contributed by atoms with Crippen LogP contribution in [0.1, 0.15) is 35.9 Å². The van der Waals surface area contributed by atoms with E-state index in [1.807, 2.05) is 0 Å². The molecule has 1 fully saturated rings. The molecular weight excluding hydrogens is 369 g/mol. The Labute approximate surface area is 154 Å². The molecule has 0 saturated carbocycles. The van der Waals surface area contributed by atoms with Crippen molar-refractivity contribution in [2.45, 2.75) is 32.3 Å². The van der Waals surface area contributed by atoms with Crippen molar-refractivity contribution in [1.82, 2.24) is 4.90 Å². The molecule has 2 heterocycles. The molecule has 1 atom stereocenters. The fourth-order valence-electron chi connectivity index (χ4n) is 2.81. The number of carbonyl (C=O) groups excluding carboxylic acids is 2. The van der Waals surface area contributed by atoms with Crippen LogP contribution in [-0.4, -0.2) is 36.0 Å². The third kappa shape index (κ3) is 3.53. The number of nitrogens with zero attached hydrogens (tertiary/aromatic N) is 1. The van der Waals surface area contributed by atoms with Gasteiger partial charge < -0.3 is 9.64 Å². The first-order valence-electron chi connectivity index (χ1n) is 7.84. The summed E-state index contributed by atoms with van der Waals surface area (Å²) in [6, 6.07) is 5.25. The molecule has 1 aliphatic heterocycles. The van der Waals surface area contributed by atoms with E-state index in [9.17, 15) is 9.59 Å². The molecule has 7 heteroatoms. The van der Waals surface area contributed by atoms with E-state index in [1.54, 1.807) is 30.0 Å². The Balaban J connectivity index is 1.74. The Kier molecular flexibility index (Phi) is 5.33. The number of fused-ring (bicyclic) bond motifs is 1. The Bertz CT molecular complexity index is 783. The summed E-state index contributed by atoms with van der Waals surface area (Å²) in [7, 11) is 0. The average molecular weight is 386 g/mol. The standard InChI is InChI=1S/C17H17Cl2NO3S/c1-10(16(21)20-7-3-2-4-8-20)23-17(22)15-14(19)12-6-5-11(18)9-13(12)24-15/h5-6,9-10H,2-4,7-8H2,1H3/t10-/m1/s1. The van der Waals surface area contributed by atoms with Crippen molar-refractivity contribution in [3.8, 4) is 0 Å². The van der Waals surface area contributed by atoms with E-state index in [0.29, 0.717) is 14.9 Å². The summed E-state index contributed by atoms with van der Waals surface area (Å²) < 4.78 is 6.17. The second-order valence-electron chi connectivity index (χ2n) is 5.82. The van der Waals surface area contributed by atoms with Gasteiger partial charge in [0.05, 0.1) is 5.02 Å². The number of carbonyl (C=O) groups is 2. The van der Waals surface area contributed by atoms with Gasteiger partial charge >= 0.3 is 5.97 Å². The van der Waals surface area contributed by atoms with Crippen LogP contribution < -0.4 is 0 Å². The third-order valence-electron chi connectivity index (χ3n) is 4.08. The summed E-state index contributed by atoms with van der Waals surface area (Å²) >= 11 is 13.5. The van der Waals surface area contributed by atoms with Crippen molar-refractivity contribution >= 4 is 56.5 Å². The van der Waals surface area contributed by atoms with Gasteiger partial charge in [0, 0.05) is 28.2 Å². The lowest BCUT2D eigenvalue weighted by molar-refractivity contribution is -0.140. The summed E-state index contributed by atoms with van der Waals surface area (Å²) in [5.74, 6) is -0.724. The highest BCUT2D eigenvalue weighted by atomic mass is 35.5. The zero-order valence-electron chi connectivity index (χ0n) is 13.2. The smallest absolute Gasteiger partial charge is 0.350 e. The van der Waals surface area contributed by atoms with E-state index in [2.05, 4.69) is 0 Å². The Morgan fingerprint density at radius 3 is 2.62 bits per heavy atom. The molecule has 0 N–H and O–H groups in total. The monoisotopic (exact) mass is 385 g/mol. The minimum atomic E-state index is -0.819. The van der Waals surface area contributed by atoms with Crippen LogP contribution in [0.4, 0.5) is 0 Å². The molecule has 1 amide bonds. The number of hydrogen-bond donors (Lipinski definition) is 0. The van der Waals surface area contributed by atoms with Crippen LogP contribution in [0, 0.1) is 0 Å². The van der Waals surface area contributed by atoms with Crippen molar-refractivity contribution in [3.05, 3.63) is 33.1 Å². The molecule has 4 nitrogen and oxygen atoms in total. The van der Waals surface area contributed by atoms with Crippen LogP contribution in [0.2, 0.25) is 10.0 Å². The van der Waals surface area contributed by atoms with Crippen molar-refractivity contribution < 1.29 is 14.3 Å². The molecule has 128 valence electrons. The van der Waals surface area contributed by atoms with E-state index >= 15 is 0 Å². The van der Waals surface area contributed by atoms with Gasteiger partial charge in [0.1, 0.15) is 4.88 Å². The van der Waals surface area contributed by atoms with Crippen LogP contribution in [0.3, 0.4) is 0 Å². The highest BCUT2D eigenvalue weighted by molar-refractivity contribution is 7.21. The van der Waals surface area contributed by atoms with Gasteiger partial charge in [0.15, 0.2) is 6.10 Å². The molecule has 0 radical (unpaired) electrons. The van der Waals surface area contributed by atoms with Gasteiger partial charge in [-0.25, -0.2) is 4.79 Å². The number of ether oxygens (including phenoxy) is 1. The molecule has 0 spiro atoms. The molecule has 1 saturated heterocycles. The molecule has 24 heavy (non-hydrogen) atoms. The molecule has 2 aromatic rings. The zero-order chi connectivity index (χ0) is 17.3. The van der Waals surface area contributed by atoms with E-state index in [4.69, 9.17) is 27.9 Å². The predicted molar refractivity (Wildman–Crippen MR) is 97.2 cm³/mol. The van der Waals surface area contributed by atoms with Crippen LogP contribution in [0.15, 0.2) is 18.2 Å². The number of rotatable bonds is 3.